The van der Waals surface area contributed by atoms with E-state index in [9.17, 15) is 4.79 Å². The van der Waals surface area contributed by atoms with Crippen molar-refractivity contribution < 1.29 is 4.74 Å². The van der Waals surface area contributed by atoms with Crippen LogP contribution in [0.25, 0.3) is 5.82 Å². The number of piperidine rings is 1. The molecule has 0 aromatic carbocycles. The van der Waals surface area contributed by atoms with Crippen molar-refractivity contribution >= 4 is 0 Å². The molecule has 8 nitrogen and oxygen atoms in total. The SMILES string of the molecule is O=c1ccc(-n2cccn2)nn1CC1CCN(CCN2CCCOCC2)CC1. The second-order valence-corrected chi connectivity index (χ2v) is 7.76. The highest BCUT2D eigenvalue weighted by atomic mass is 16.5. The molecule has 0 spiro atoms. The number of rotatable bonds is 6. The summed E-state index contributed by atoms with van der Waals surface area (Å²) in [4.78, 5) is 17.3. The van der Waals surface area contributed by atoms with Gasteiger partial charge in [0.25, 0.3) is 5.56 Å². The van der Waals surface area contributed by atoms with Gasteiger partial charge in [-0.25, -0.2) is 9.36 Å². The summed E-state index contributed by atoms with van der Waals surface area (Å²) in [5.74, 6) is 1.18. The number of hydrogen-bond acceptors (Lipinski definition) is 6. The molecular weight excluding hydrogens is 356 g/mol. The van der Waals surface area contributed by atoms with E-state index in [2.05, 4.69) is 20.0 Å². The topological polar surface area (TPSA) is 68.4 Å². The molecule has 2 aliphatic rings. The predicted octanol–water partition coefficient (Wildman–Crippen LogP) is 0.863. The first-order valence-electron chi connectivity index (χ1n) is 10.4. The summed E-state index contributed by atoms with van der Waals surface area (Å²) in [6, 6.07) is 5.16. The van der Waals surface area contributed by atoms with Gasteiger partial charge in [-0.3, -0.25) is 9.69 Å². The van der Waals surface area contributed by atoms with Gasteiger partial charge >= 0.3 is 0 Å². The van der Waals surface area contributed by atoms with E-state index in [-0.39, 0.29) is 5.56 Å². The molecule has 2 aliphatic heterocycles. The lowest BCUT2D eigenvalue weighted by Gasteiger charge is -2.33. The van der Waals surface area contributed by atoms with Crippen LogP contribution in [0.1, 0.15) is 19.3 Å². The maximum atomic E-state index is 12.2. The molecule has 0 aliphatic carbocycles. The van der Waals surface area contributed by atoms with Gasteiger partial charge in [-0.1, -0.05) is 0 Å². The summed E-state index contributed by atoms with van der Waals surface area (Å²) >= 11 is 0. The molecule has 2 fully saturated rings. The highest BCUT2D eigenvalue weighted by Crippen LogP contribution is 2.18. The van der Waals surface area contributed by atoms with Gasteiger partial charge in [0.2, 0.25) is 0 Å². The van der Waals surface area contributed by atoms with Gasteiger partial charge < -0.3 is 9.64 Å². The van der Waals surface area contributed by atoms with Crippen LogP contribution in [0.2, 0.25) is 0 Å². The fourth-order valence-electron chi connectivity index (χ4n) is 4.04. The van der Waals surface area contributed by atoms with E-state index in [1.165, 1.54) is 0 Å². The predicted molar refractivity (Wildman–Crippen MR) is 107 cm³/mol. The third-order valence-electron chi connectivity index (χ3n) is 5.78. The van der Waals surface area contributed by atoms with Crippen molar-refractivity contribution in [1.82, 2.24) is 29.4 Å². The van der Waals surface area contributed by atoms with E-state index in [1.54, 1.807) is 27.7 Å². The smallest absolute Gasteiger partial charge is 0.266 e. The lowest BCUT2D eigenvalue weighted by Crippen LogP contribution is -2.41. The van der Waals surface area contributed by atoms with E-state index in [4.69, 9.17) is 4.74 Å². The Kier molecular flexibility index (Phi) is 6.51. The molecule has 0 unspecified atom stereocenters. The minimum atomic E-state index is -0.0401. The van der Waals surface area contributed by atoms with Crippen LogP contribution < -0.4 is 5.56 Å². The van der Waals surface area contributed by atoms with Gasteiger partial charge in [0.15, 0.2) is 5.82 Å². The second-order valence-electron chi connectivity index (χ2n) is 7.76. The Labute approximate surface area is 165 Å². The summed E-state index contributed by atoms with van der Waals surface area (Å²) in [7, 11) is 0. The van der Waals surface area contributed by atoms with Crippen molar-refractivity contribution in [3.8, 4) is 5.82 Å². The second kappa shape index (κ2) is 9.45. The Balaban J connectivity index is 1.26. The zero-order valence-corrected chi connectivity index (χ0v) is 16.4. The molecule has 2 aromatic rings. The first kappa shape index (κ1) is 19.3. The molecule has 2 saturated heterocycles. The Morgan fingerprint density at radius 2 is 1.86 bits per heavy atom. The molecule has 0 radical (unpaired) electrons. The fourth-order valence-corrected chi connectivity index (χ4v) is 4.04. The van der Waals surface area contributed by atoms with Crippen molar-refractivity contribution in [3.05, 3.63) is 40.9 Å². The summed E-state index contributed by atoms with van der Waals surface area (Å²) in [6.45, 7) is 9.10. The molecule has 152 valence electrons. The highest BCUT2D eigenvalue weighted by molar-refractivity contribution is 5.17. The van der Waals surface area contributed by atoms with E-state index < -0.39 is 0 Å². The van der Waals surface area contributed by atoms with E-state index in [0.29, 0.717) is 18.3 Å². The number of aromatic nitrogens is 4. The summed E-state index contributed by atoms with van der Waals surface area (Å²) < 4.78 is 8.83. The number of ether oxygens (including phenoxy) is 1. The van der Waals surface area contributed by atoms with Gasteiger partial charge in [0, 0.05) is 57.8 Å². The minimum absolute atomic E-state index is 0.0401. The van der Waals surface area contributed by atoms with Crippen molar-refractivity contribution in [2.24, 2.45) is 5.92 Å². The summed E-state index contributed by atoms with van der Waals surface area (Å²) in [5, 5.41) is 8.71. The highest BCUT2D eigenvalue weighted by Gasteiger charge is 2.21. The Morgan fingerprint density at radius 1 is 1.04 bits per heavy atom. The van der Waals surface area contributed by atoms with Crippen molar-refractivity contribution in [3.63, 3.8) is 0 Å². The van der Waals surface area contributed by atoms with Crippen LogP contribution in [0.4, 0.5) is 0 Å². The average Bonchev–Trinajstić information content (AvgIpc) is 3.13. The lowest BCUT2D eigenvalue weighted by atomic mass is 9.97. The normalized spacial score (nSPS) is 20.3. The molecule has 0 saturated carbocycles. The maximum Gasteiger partial charge on any atom is 0.266 e. The zero-order valence-electron chi connectivity index (χ0n) is 16.4. The molecule has 8 heteroatoms. The average molecular weight is 387 g/mol. The molecule has 0 amide bonds. The van der Waals surface area contributed by atoms with Crippen molar-refractivity contribution in [2.45, 2.75) is 25.8 Å². The quantitative estimate of drug-likeness (QED) is 0.734. The van der Waals surface area contributed by atoms with Crippen molar-refractivity contribution in [1.29, 1.82) is 0 Å². The number of hydrogen-bond donors (Lipinski definition) is 0. The molecule has 0 bridgehead atoms. The maximum absolute atomic E-state index is 12.2. The lowest BCUT2D eigenvalue weighted by molar-refractivity contribution is 0.129. The van der Waals surface area contributed by atoms with Crippen LogP contribution in [-0.4, -0.2) is 81.8 Å². The Morgan fingerprint density at radius 3 is 2.64 bits per heavy atom. The molecule has 4 rings (SSSR count). The van der Waals surface area contributed by atoms with E-state index in [0.717, 1.165) is 71.7 Å². The van der Waals surface area contributed by atoms with E-state index in [1.807, 2.05) is 12.3 Å². The zero-order chi connectivity index (χ0) is 19.2. The first-order valence-corrected chi connectivity index (χ1v) is 10.4. The largest absolute Gasteiger partial charge is 0.380 e. The van der Waals surface area contributed by atoms with Crippen LogP contribution in [0.3, 0.4) is 0 Å². The number of likely N-dealkylation sites (tertiary alicyclic amines) is 1. The molecule has 0 N–H and O–H groups in total. The molecule has 4 heterocycles. The van der Waals surface area contributed by atoms with Gasteiger partial charge in [-0.2, -0.15) is 5.10 Å². The van der Waals surface area contributed by atoms with Crippen LogP contribution in [-0.2, 0) is 11.3 Å². The monoisotopic (exact) mass is 386 g/mol. The summed E-state index contributed by atoms with van der Waals surface area (Å²) in [6.07, 6.45) is 6.92. The molecule has 0 atom stereocenters. The fraction of sp³-hybridized carbons (Fsp3) is 0.650. The number of nitrogens with zero attached hydrogens (tertiary/aromatic N) is 6. The van der Waals surface area contributed by atoms with Crippen molar-refractivity contribution in [2.75, 3.05) is 52.5 Å². The minimum Gasteiger partial charge on any atom is -0.380 e. The van der Waals surface area contributed by atoms with Crippen LogP contribution >= 0.6 is 0 Å². The van der Waals surface area contributed by atoms with Crippen LogP contribution in [0, 0.1) is 5.92 Å². The van der Waals surface area contributed by atoms with Gasteiger partial charge in [-0.05, 0) is 50.4 Å². The molecular formula is C20H30N6O2. The first-order chi connectivity index (χ1) is 13.8. The molecule has 2 aromatic heterocycles. The van der Waals surface area contributed by atoms with Crippen LogP contribution in [0.15, 0.2) is 35.4 Å². The standard InChI is InChI=1S/C20H30N6O2/c27-20-4-3-19(25-9-1-7-21-25)22-26(20)17-18-5-10-24(11-6-18)13-12-23-8-2-15-28-16-14-23/h1,3-4,7,9,18H,2,5-6,8,10-17H2. The van der Waals surface area contributed by atoms with E-state index >= 15 is 0 Å². The van der Waals surface area contributed by atoms with Gasteiger partial charge in [0.05, 0.1) is 6.61 Å². The molecule has 28 heavy (non-hydrogen) atoms. The third kappa shape index (κ3) is 5.06. The Bertz CT molecular complexity index is 774. The third-order valence-corrected chi connectivity index (χ3v) is 5.78. The Hall–Kier alpha value is -2.03. The van der Waals surface area contributed by atoms with Crippen LogP contribution in [0.5, 0.6) is 0 Å². The summed E-state index contributed by atoms with van der Waals surface area (Å²) in [5.41, 5.74) is -0.0401. The van der Waals surface area contributed by atoms with Gasteiger partial charge in [0.1, 0.15) is 0 Å². The van der Waals surface area contributed by atoms with Gasteiger partial charge in [-0.15, -0.1) is 5.10 Å².